The normalized spacial score (nSPS) is 10.8. The number of carbonyl (C=O) groups is 2. The molecule has 1 aromatic carbocycles. The molecule has 21 heavy (non-hydrogen) atoms. The number of amides is 1. The number of thioether (sulfide) groups is 1. The zero-order valence-electron chi connectivity index (χ0n) is 11.3. The van der Waals surface area contributed by atoms with Gasteiger partial charge in [-0.25, -0.2) is 9.37 Å². The van der Waals surface area contributed by atoms with Crippen LogP contribution < -0.4 is 5.32 Å². The molecule has 0 saturated carbocycles. The van der Waals surface area contributed by atoms with Crippen LogP contribution >= 0.6 is 11.8 Å². The minimum Gasteiger partial charge on any atom is -0.481 e. The number of carbonyl (C=O) groups excluding carboxylic acids is 1. The number of benzene rings is 1. The Morgan fingerprint density at radius 2 is 2.24 bits per heavy atom. The van der Waals surface area contributed by atoms with Crippen molar-refractivity contribution in [3.05, 3.63) is 24.0 Å². The molecular weight excluding hydrogens is 297 g/mol. The average Bonchev–Trinajstić information content (AvgIpc) is 2.73. The van der Waals surface area contributed by atoms with Crippen molar-refractivity contribution in [3.63, 3.8) is 0 Å². The maximum atomic E-state index is 13.2. The van der Waals surface area contributed by atoms with Crippen molar-refractivity contribution >= 4 is 34.7 Å². The number of aliphatic carboxylic acids is 1. The standard InChI is InChI=1S/C13H14FN3O3S/c1-8(18)15-4-5-17-11-3-2-9(14)6-10(11)16-13(17)21-7-12(19)20/h2-3,6H,4-5,7H2,1H3,(H,15,18)(H,19,20). The Balaban J connectivity index is 2.29. The zero-order valence-corrected chi connectivity index (χ0v) is 12.1. The van der Waals surface area contributed by atoms with E-state index in [1.807, 2.05) is 0 Å². The van der Waals surface area contributed by atoms with Crippen LogP contribution in [0, 0.1) is 5.82 Å². The third-order valence-corrected chi connectivity index (χ3v) is 3.67. The molecule has 0 aliphatic rings. The van der Waals surface area contributed by atoms with E-state index in [-0.39, 0.29) is 11.7 Å². The molecule has 1 heterocycles. The van der Waals surface area contributed by atoms with Crippen molar-refractivity contribution in [3.8, 4) is 0 Å². The Labute approximate surface area is 124 Å². The summed E-state index contributed by atoms with van der Waals surface area (Å²) in [6.07, 6.45) is 0. The lowest BCUT2D eigenvalue weighted by Crippen LogP contribution is -2.24. The number of carboxylic acids is 1. The number of fused-ring (bicyclic) bond motifs is 1. The fourth-order valence-electron chi connectivity index (χ4n) is 1.88. The first kappa shape index (κ1) is 15.3. The monoisotopic (exact) mass is 311 g/mol. The van der Waals surface area contributed by atoms with Crippen molar-refractivity contribution in [2.24, 2.45) is 0 Å². The van der Waals surface area contributed by atoms with Gasteiger partial charge in [0, 0.05) is 26.1 Å². The molecule has 1 aromatic heterocycles. The third kappa shape index (κ3) is 3.94. The number of imidazole rings is 1. The minimum absolute atomic E-state index is 0.133. The lowest BCUT2D eigenvalue weighted by atomic mass is 10.3. The summed E-state index contributed by atoms with van der Waals surface area (Å²) < 4.78 is 15.0. The van der Waals surface area contributed by atoms with E-state index in [0.29, 0.717) is 29.3 Å². The molecule has 6 nitrogen and oxygen atoms in total. The second kappa shape index (κ2) is 6.57. The number of hydrogen-bond acceptors (Lipinski definition) is 4. The molecule has 0 saturated heterocycles. The van der Waals surface area contributed by atoms with Crippen LogP contribution in [0.4, 0.5) is 4.39 Å². The molecule has 8 heteroatoms. The third-order valence-electron chi connectivity index (χ3n) is 2.71. The van der Waals surface area contributed by atoms with Crippen LogP contribution in [0.25, 0.3) is 11.0 Å². The summed E-state index contributed by atoms with van der Waals surface area (Å²) in [5.41, 5.74) is 1.17. The van der Waals surface area contributed by atoms with Crippen LogP contribution in [0.2, 0.25) is 0 Å². The second-order valence-electron chi connectivity index (χ2n) is 4.34. The Morgan fingerprint density at radius 1 is 1.48 bits per heavy atom. The Bertz CT molecular complexity index is 687. The highest BCUT2D eigenvalue weighted by molar-refractivity contribution is 7.99. The van der Waals surface area contributed by atoms with Crippen molar-refractivity contribution in [1.29, 1.82) is 0 Å². The number of nitrogens with zero attached hydrogens (tertiary/aromatic N) is 2. The van der Waals surface area contributed by atoms with Gasteiger partial charge in [0.2, 0.25) is 5.91 Å². The van der Waals surface area contributed by atoms with E-state index in [9.17, 15) is 14.0 Å². The summed E-state index contributed by atoms with van der Waals surface area (Å²) in [5, 5.41) is 11.9. The van der Waals surface area contributed by atoms with Crippen LogP contribution in [0.15, 0.2) is 23.4 Å². The van der Waals surface area contributed by atoms with E-state index in [1.165, 1.54) is 19.1 Å². The largest absolute Gasteiger partial charge is 0.481 e. The van der Waals surface area contributed by atoms with Crippen LogP contribution in [0.5, 0.6) is 0 Å². The SMILES string of the molecule is CC(=O)NCCn1c(SCC(=O)O)nc2cc(F)ccc21. The van der Waals surface area contributed by atoms with Crippen LogP contribution in [-0.2, 0) is 16.1 Å². The van der Waals surface area contributed by atoms with Gasteiger partial charge in [0.1, 0.15) is 5.82 Å². The number of halogens is 1. The predicted molar refractivity (Wildman–Crippen MR) is 76.7 cm³/mol. The molecule has 0 aliphatic carbocycles. The van der Waals surface area contributed by atoms with Gasteiger partial charge < -0.3 is 15.0 Å². The van der Waals surface area contributed by atoms with Gasteiger partial charge >= 0.3 is 5.97 Å². The molecule has 0 unspecified atom stereocenters. The highest BCUT2D eigenvalue weighted by Gasteiger charge is 2.13. The molecule has 112 valence electrons. The van der Waals surface area contributed by atoms with Crippen LogP contribution in [0.3, 0.4) is 0 Å². The highest BCUT2D eigenvalue weighted by atomic mass is 32.2. The quantitative estimate of drug-likeness (QED) is 0.790. The maximum Gasteiger partial charge on any atom is 0.313 e. The zero-order chi connectivity index (χ0) is 15.4. The number of rotatable bonds is 6. The Morgan fingerprint density at radius 3 is 2.90 bits per heavy atom. The van der Waals surface area contributed by atoms with E-state index in [4.69, 9.17) is 5.11 Å². The summed E-state index contributed by atoms with van der Waals surface area (Å²) in [6, 6.07) is 4.22. The van der Waals surface area contributed by atoms with E-state index in [2.05, 4.69) is 10.3 Å². The first-order chi connectivity index (χ1) is 9.97. The molecule has 0 spiro atoms. The Kier molecular flexibility index (Phi) is 4.79. The molecular formula is C13H14FN3O3S. The molecule has 0 bridgehead atoms. The van der Waals surface area contributed by atoms with Gasteiger partial charge in [-0.2, -0.15) is 0 Å². The number of hydrogen-bond donors (Lipinski definition) is 2. The lowest BCUT2D eigenvalue weighted by Gasteiger charge is -2.08. The van der Waals surface area contributed by atoms with Gasteiger partial charge in [-0.15, -0.1) is 0 Å². The van der Waals surface area contributed by atoms with Crippen molar-refractivity contribution in [2.45, 2.75) is 18.6 Å². The van der Waals surface area contributed by atoms with E-state index in [1.54, 1.807) is 10.6 Å². The fraction of sp³-hybridized carbons (Fsp3) is 0.308. The molecule has 0 atom stereocenters. The fourth-order valence-corrected chi connectivity index (χ4v) is 2.64. The minimum atomic E-state index is -0.952. The first-order valence-corrected chi connectivity index (χ1v) is 7.21. The van der Waals surface area contributed by atoms with E-state index >= 15 is 0 Å². The van der Waals surface area contributed by atoms with Gasteiger partial charge in [-0.1, -0.05) is 11.8 Å². The van der Waals surface area contributed by atoms with Crippen LogP contribution in [0.1, 0.15) is 6.92 Å². The molecule has 0 radical (unpaired) electrons. The van der Waals surface area contributed by atoms with Gasteiger partial charge in [-0.05, 0) is 12.1 Å². The summed E-state index contributed by atoms with van der Waals surface area (Å²) in [7, 11) is 0. The van der Waals surface area contributed by atoms with Crippen molar-refractivity contribution < 1.29 is 19.1 Å². The molecule has 0 aliphatic heterocycles. The first-order valence-electron chi connectivity index (χ1n) is 6.22. The summed E-state index contributed by atoms with van der Waals surface area (Å²) in [6.45, 7) is 2.24. The van der Waals surface area contributed by atoms with Gasteiger partial charge in [-0.3, -0.25) is 9.59 Å². The molecule has 2 N–H and O–H groups in total. The summed E-state index contributed by atoms with van der Waals surface area (Å²) >= 11 is 1.06. The lowest BCUT2D eigenvalue weighted by molar-refractivity contribution is -0.133. The van der Waals surface area contributed by atoms with Gasteiger partial charge in [0.15, 0.2) is 5.16 Å². The highest BCUT2D eigenvalue weighted by Crippen LogP contribution is 2.24. The molecule has 2 rings (SSSR count). The Hall–Kier alpha value is -2.09. The second-order valence-corrected chi connectivity index (χ2v) is 5.29. The van der Waals surface area contributed by atoms with Gasteiger partial charge in [0.25, 0.3) is 0 Å². The number of aromatic nitrogens is 2. The van der Waals surface area contributed by atoms with Crippen LogP contribution in [-0.4, -0.2) is 38.8 Å². The predicted octanol–water partition coefficient (Wildman–Crippen LogP) is 1.49. The molecule has 2 aromatic rings. The summed E-state index contributed by atoms with van der Waals surface area (Å²) in [5.74, 6) is -1.63. The molecule has 1 amide bonds. The average molecular weight is 311 g/mol. The van der Waals surface area contributed by atoms with E-state index < -0.39 is 11.8 Å². The van der Waals surface area contributed by atoms with Crippen molar-refractivity contribution in [2.75, 3.05) is 12.3 Å². The van der Waals surface area contributed by atoms with Gasteiger partial charge in [0.05, 0.1) is 16.8 Å². The number of nitrogens with one attached hydrogen (secondary N) is 1. The number of carboxylic acid groups (broad SMARTS) is 1. The topological polar surface area (TPSA) is 84.2 Å². The molecule has 0 fully saturated rings. The summed E-state index contributed by atoms with van der Waals surface area (Å²) in [4.78, 5) is 25.8. The smallest absolute Gasteiger partial charge is 0.313 e. The maximum absolute atomic E-state index is 13.2. The van der Waals surface area contributed by atoms with Crippen molar-refractivity contribution in [1.82, 2.24) is 14.9 Å². The van der Waals surface area contributed by atoms with E-state index in [0.717, 1.165) is 11.8 Å².